The SMILES string of the molecule is C[C@H](c1cccc([N+](=O)[O-])c1)N1C=CNC1=C1CC1. The first-order valence-corrected chi connectivity index (χ1v) is 6.35. The van der Waals surface area contributed by atoms with Gasteiger partial charge in [-0.15, -0.1) is 0 Å². The number of nitrogens with one attached hydrogen (secondary N) is 1. The van der Waals surface area contributed by atoms with Crippen LogP contribution in [0.25, 0.3) is 0 Å². The van der Waals surface area contributed by atoms with Gasteiger partial charge in [0.15, 0.2) is 0 Å². The van der Waals surface area contributed by atoms with Gasteiger partial charge in [0.05, 0.1) is 11.0 Å². The summed E-state index contributed by atoms with van der Waals surface area (Å²) in [5, 5.41) is 14.1. The van der Waals surface area contributed by atoms with E-state index in [2.05, 4.69) is 17.1 Å². The number of nitrogens with zero attached hydrogens (tertiary/aromatic N) is 2. The Morgan fingerprint density at radius 2 is 2.21 bits per heavy atom. The smallest absolute Gasteiger partial charge is 0.269 e. The molecule has 1 aromatic carbocycles. The van der Waals surface area contributed by atoms with Gasteiger partial charge in [0.25, 0.3) is 5.69 Å². The van der Waals surface area contributed by atoms with Crippen molar-refractivity contribution in [1.82, 2.24) is 10.2 Å². The van der Waals surface area contributed by atoms with Crippen molar-refractivity contribution < 1.29 is 4.92 Å². The van der Waals surface area contributed by atoms with Crippen molar-refractivity contribution in [1.29, 1.82) is 0 Å². The molecule has 1 aliphatic heterocycles. The van der Waals surface area contributed by atoms with Gasteiger partial charge in [0.1, 0.15) is 5.82 Å². The van der Waals surface area contributed by atoms with E-state index in [0.29, 0.717) is 0 Å². The maximum Gasteiger partial charge on any atom is 0.269 e. The van der Waals surface area contributed by atoms with Crippen LogP contribution in [0.4, 0.5) is 5.69 Å². The maximum absolute atomic E-state index is 10.8. The molecule has 98 valence electrons. The summed E-state index contributed by atoms with van der Waals surface area (Å²) < 4.78 is 0. The van der Waals surface area contributed by atoms with Crippen molar-refractivity contribution in [3.63, 3.8) is 0 Å². The van der Waals surface area contributed by atoms with E-state index in [4.69, 9.17) is 0 Å². The molecule has 1 fully saturated rings. The third-order valence-corrected chi connectivity index (χ3v) is 3.53. The second-order valence-electron chi connectivity index (χ2n) is 4.85. The molecule has 0 spiro atoms. The van der Waals surface area contributed by atoms with Crippen molar-refractivity contribution in [2.45, 2.75) is 25.8 Å². The van der Waals surface area contributed by atoms with E-state index in [1.54, 1.807) is 12.1 Å². The van der Waals surface area contributed by atoms with Crippen LogP contribution in [0.5, 0.6) is 0 Å². The number of benzene rings is 1. The first-order chi connectivity index (χ1) is 9.16. The van der Waals surface area contributed by atoms with E-state index in [-0.39, 0.29) is 16.7 Å². The van der Waals surface area contributed by atoms with E-state index in [0.717, 1.165) is 24.2 Å². The minimum atomic E-state index is -0.353. The zero-order valence-corrected chi connectivity index (χ0v) is 10.7. The molecule has 1 saturated carbocycles. The minimum Gasteiger partial charge on any atom is -0.347 e. The second kappa shape index (κ2) is 4.42. The summed E-state index contributed by atoms with van der Waals surface area (Å²) in [6.07, 6.45) is 6.18. The molecule has 19 heavy (non-hydrogen) atoms. The molecule has 1 N–H and O–H groups in total. The Hall–Kier alpha value is -2.30. The Kier molecular flexibility index (Phi) is 2.74. The van der Waals surface area contributed by atoms with Gasteiger partial charge >= 0.3 is 0 Å². The zero-order valence-electron chi connectivity index (χ0n) is 10.7. The maximum atomic E-state index is 10.8. The summed E-state index contributed by atoms with van der Waals surface area (Å²) in [4.78, 5) is 12.6. The predicted molar refractivity (Wildman–Crippen MR) is 71.9 cm³/mol. The zero-order chi connectivity index (χ0) is 13.4. The Balaban J connectivity index is 1.89. The number of allylic oxidation sites excluding steroid dienone is 1. The normalized spacial score (nSPS) is 18.5. The van der Waals surface area contributed by atoms with Crippen LogP contribution in [-0.2, 0) is 0 Å². The van der Waals surface area contributed by atoms with E-state index >= 15 is 0 Å². The largest absolute Gasteiger partial charge is 0.347 e. The lowest BCUT2D eigenvalue weighted by atomic mass is 10.1. The molecule has 1 aliphatic carbocycles. The standard InChI is InChI=1S/C14H15N3O2/c1-10(12-3-2-4-13(9-12)17(18)19)16-8-7-15-14(16)11-5-6-11/h2-4,7-10,15H,5-6H2,1H3/t10-/m1/s1. The lowest BCUT2D eigenvalue weighted by Crippen LogP contribution is -2.22. The molecule has 2 aliphatic rings. The van der Waals surface area contributed by atoms with Gasteiger partial charge in [0, 0.05) is 24.5 Å². The molecule has 0 amide bonds. The number of hydrogen-bond acceptors (Lipinski definition) is 4. The highest BCUT2D eigenvalue weighted by molar-refractivity contribution is 5.37. The fraction of sp³-hybridized carbons (Fsp3) is 0.286. The van der Waals surface area contributed by atoms with Gasteiger partial charge in [-0.25, -0.2) is 0 Å². The van der Waals surface area contributed by atoms with Crippen LogP contribution in [-0.4, -0.2) is 9.82 Å². The van der Waals surface area contributed by atoms with E-state index in [9.17, 15) is 10.1 Å². The van der Waals surface area contributed by atoms with Crippen LogP contribution < -0.4 is 5.32 Å². The second-order valence-corrected chi connectivity index (χ2v) is 4.85. The lowest BCUT2D eigenvalue weighted by molar-refractivity contribution is -0.384. The van der Waals surface area contributed by atoms with Crippen molar-refractivity contribution in [2.75, 3.05) is 0 Å². The van der Waals surface area contributed by atoms with E-state index in [1.165, 1.54) is 11.6 Å². The van der Waals surface area contributed by atoms with Crippen LogP contribution in [0.2, 0.25) is 0 Å². The van der Waals surface area contributed by atoms with Gasteiger partial charge in [-0.3, -0.25) is 10.1 Å². The third kappa shape index (κ3) is 2.19. The molecule has 0 bridgehead atoms. The number of nitro benzene ring substituents is 1. The number of non-ortho nitro benzene ring substituents is 1. The summed E-state index contributed by atoms with van der Waals surface area (Å²) in [5.41, 5.74) is 2.50. The molecule has 1 aromatic rings. The quantitative estimate of drug-likeness (QED) is 0.668. The highest BCUT2D eigenvalue weighted by atomic mass is 16.6. The van der Waals surface area contributed by atoms with Gasteiger partial charge in [0.2, 0.25) is 0 Å². The van der Waals surface area contributed by atoms with Gasteiger partial charge in [-0.05, 0) is 30.9 Å². The highest BCUT2D eigenvalue weighted by Gasteiger charge is 2.27. The van der Waals surface area contributed by atoms with Crippen LogP contribution in [0.3, 0.4) is 0 Å². The summed E-state index contributed by atoms with van der Waals surface area (Å²) in [6.45, 7) is 2.05. The monoisotopic (exact) mass is 257 g/mol. The topological polar surface area (TPSA) is 58.4 Å². The molecule has 5 heteroatoms. The van der Waals surface area contributed by atoms with Crippen LogP contribution >= 0.6 is 0 Å². The Labute approximate surface area is 111 Å². The fourth-order valence-corrected chi connectivity index (χ4v) is 2.31. The van der Waals surface area contributed by atoms with Crippen molar-refractivity contribution in [3.8, 4) is 0 Å². The molecular weight excluding hydrogens is 242 g/mol. The number of rotatable bonds is 3. The fourth-order valence-electron chi connectivity index (χ4n) is 2.31. The van der Waals surface area contributed by atoms with Crippen LogP contribution in [0.15, 0.2) is 48.1 Å². The summed E-state index contributed by atoms with van der Waals surface area (Å²) >= 11 is 0. The van der Waals surface area contributed by atoms with E-state index < -0.39 is 0 Å². The van der Waals surface area contributed by atoms with Gasteiger partial charge in [-0.1, -0.05) is 12.1 Å². The van der Waals surface area contributed by atoms with Gasteiger partial charge < -0.3 is 10.2 Å². The molecule has 0 radical (unpaired) electrons. The third-order valence-electron chi connectivity index (χ3n) is 3.53. The molecular formula is C14H15N3O2. The molecule has 5 nitrogen and oxygen atoms in total. The highest BCUT2D eigenvalue weighted by Crippen LogP contribution is 2.37. The molecule has 0 saturated heterocycles. The van der Waals surface area contributed by atoms with Crippen LogP contribution in [0.1, 0.15) is 31.4 Å². The Morgan fingerprint density at radius 3 is 2.89 bits per heavy atom. The van der Waals surface area contributed by atoms with Gasteiger partial charge in [-0.2, -0.15) is 0 Å². The first kappa shape index (κ1) is 11.8. The Bertz CT molecular complexity index is 586. The van der Waals surface area contributed by atoms with Crippen molar-refractivity contribution in [2.24, 2.45) is 0 Å². The molecule has 3 rings (SSSR count). The number of hydrogen-bond donors (Lipinski definition) is 1. The first-order valence-electron chi connectivity index (χ1n) is 6.35. The summed E-state index contributed by atoms with van der Waals surface area (Å²) in [6, 6.07) is 6.91. The lowest BCUT2D eigenvalue weighted by Gasteiger charge is -2.26. The average Bonchev–Trinajstić information content (AvgIpc) is 3.15. The Morgan fingerprint density at radius 1 is 1.42 bits per heavy atom. The summed E-state index contributed by atoms with van der Waals surface area (Å²) in [5.74, 6) is 1.14. The number of nitro groups is 1. The minimum absolute atomic E-state index is 0.0780. The van der Waals surface area contributed by atoms with Crippen LogP contribution in [0, 0.1) is 10.1 Å². The summed E-state index contributed by atoms with van der Waals surface area (Å²) in [7, 11) is 0. The van der Waals surface area contributed by atoms with Crippen molar-refractivity contribution in [3.05, 3.63) is 63.7 Å². The predicted octanol–water partition coefficient (Wildman–Crippen LogP) is 3.04. The molecule has 1 heterocycles. The average molecular weight is 257 g/mol. The van der Waals surface area contributed by atoms with Crippen molar-refractivity contribution >= 4 is 5.69 Å². The molecule has 1 atom stereocenters. The molecule has 0 aromatic heterocycles. The molecule has 0 unspecified atom stereocenters. The van der Waals surface area contributed by atoms with E-state index in [1.807, 2.05) is 18.5 Å².